The Morgan fingerprint density at radius 2 is 1.97 bits per heavy atom. The Morgan fingerprint density at radius 1 is 1.18 bits per heavy atom. The number of rotatable bonds is 3. The number of aromatic nitrogens is 2. The van der Waals surface area contributed by atoms with Crippen LogP contribution in [0, 0.1) is 12.8 Å². The average molecular weight is 482 g/mol. The Balaban J connectivity index is 1.36. The van der Waals surface area contributed by atoms with Gasteiger partial charge >= 0.3 is 0 Å². The summed E-state index contributed by atoms with van der Waals surface area (Å²) in [6, 6.07) is 6.24. The van der Waals surface area contributed by atoms with Gasteiger partial charge in [0.1, 0.15) is 17.3 Å². The number of aryl methyl sites for hydroxylation is 1. The smallest absolute Gasteiger partial charge is 0.115 e. The molecule has 34 heavy (non-hydrogen) atoms. The Bertz CT molecular complexity index is 1140. The van der Waals surface area contributed by atoms with Crippen LogP contribution < -0.4 is 0 Å². The van der Waals surface area contributed by atoms with Gasteiger partial charge in [-0.05, 0) is 73.9 Å². The van der Waals surface area contributed by atoms with Crippen molar-refractivity contribution in [2.24, 2.45) is 5.92 Å². The molecule has 182 valence electrons. The third-order valence-corrected chi connectivity index (χ3v) is 11.2. The molecule has 5 aliphatic rings. The minimum Gasteiger partial charge on any atom is -0.616 e. The van der Waals surface area contributed by atoms with E-state index in [1.165, 1.54) is 29.7 Å². The molecule has 3 fully saturated rings. The number of phenolic OH excluding ortho intramolecular Hbond substituents is 1. The summed E-state index contributed by atoms with van der Waals surface area (Å²) in [5.41, 5.74) is 4.71. The molecular weight excluding hydrogens is 446 g/mol. The summed E-state index contributed by atoms with van der Waals surface area (Å²) < 4.78 is 14.3. The van der Waals surface area contributed by atoms with E-state index in [9.17, 15) is 14.8 Å². The number of aliphatic hydroxyl groups is 1. The highest BCUT2D eigenvalue weighted by atomic mass is 32.2. The molecule has 1 saturated carbocycles. The molecule has 7 rings (SSSR count). The Kier molecular flexibility index (Phi) is 4.78. The van der Waals surface area contributed by atoms with Crippen molar-refractivity contribution in [2.75, 3.05) is 24.6 Å². The maximum absolute atomic E-state index is 12.7. The van der Waals surface area contributed by atoms with E-state index in [0.717, 1.165) is 73.9 Å². The first-order chi connectivity index (χ1) is 16.4. The summed E-state index contributed by atoms with van der Waals surface area (Å²) in [6.45, 7) is 4.20. The van der Waals surface area contributed by atoms with Crippen LogP contribution >= 0.6 is 0 Å². The van der Waals surface area contributed by atoms with Crippen molar-refractivity contribution in [3.05, 3.63) is 46.3 Å². The Morgan fingerprint density at radius 3 is 2.74 bits per heavy atom. The monoisotopic (exact) mass is 481 g/mol. The predicted octanol–water partition coefficient (Wildman–Crippen LogP) is 2.79. The van der Waals surface area contributed by atoms with E-state index in [0.29, 0.717) is 18.2 Å². The van der Waals surface area contributed by atoms with Crippen molar-refractivity contribution in [3.8, 4) is 5.75 Å². The van der Waals surface area contributed by atoms with Crippen molar-refractivity contribution in [2.45, 2.75) is 81.4 Å². The highest BCUT2D eigenvalue weighted by molar-refractivity contribution is 7.91. The zero-order valence-electron chi connectivity index (χ0n) is 20.0. The Labute approximate surface area is 204 Å². The van der Waals surface area contributed by atoms with Gasteiger partial charge in [-0.25, -0.2) is 0 Å². The van der Waals surface area contributed by atoms with Gasteiger partial charge in [-0.15, -0.1) is 0 Å². The quantitative estimate of drug-likeness (QED) is 0.659. The first-order valence-corrected chi connectivity index (χ1v) is 14.6. The van der Waals surface area contributed by atoms with Gasteiger partial charge in [-0.3, -0.25) is 9.58 Å². The van der Waals surface area contributed by atoms with Crippen LogP contribution in [0.5, 0.6) is 5.75 Å². The molecule has 0 unspecified atom stereocenters. The molecule has 6 nitrogen and oxygen atoms in total. The van der Waals surface area contributed by atoms with Crippen LogP contribution in [0.15, 0.2) is 18.2 Å². The fourth-order valence-corrected chi connectivity index (χ4v) is 9.07. The lowest BCUT2D eigenvalue weighted by Gasteiger charge is -2.63. The summed E-state index contributed by atoms with van der Waals surface area (Å²) in [5, 5.41) is 28.2. The van der Waals surface area contributed by atoms with E-state index < -0.39 is 22.2 Å². The van der Waals surface area contributed by atoms with Crippen molar-refractivity contribution < 1.29 is 14.8 Å². The maximum Gasteiger partial charge on any atom is 0.115 e. The van der Waals surface area contributed by atoms with E-state index in [1.807, 2.05) is 12.1 Å². The van der Waals surface area contributed by atoms with Gasteiger partial charge in [0.05, 0.1) is 17.3 Å². The molecule has 3 aliphatic carbocycles. The zero-order chi connectivity index (χ0) is 23.2. The molecule has 1 aromatic heterocycles. The summed E-state index contributed by atoms with van der Waals surface area (Å²) in [7, 11) is 0. The van der Waals surface area contributed by atoms with Crippen LogP contribution in [0.1, 0.15) is 66.2 Å². The fourth-order valence-electron chi connectivity index (χ4n) is 7.79. The molecule has 1 aromatic carbocycles. The van der Waals surface area contributed by atoms with Gasteiger partial charge in [0, 0.05) is 49.4 Å². The standard InChI is InChI=1S/C27H35N3O3S/c1-17-22-14-27(32)25-12-19-4-5-21(31)13-23(19)26(27,8-9-29(25)16-18-2-3-18)15-24(22)30(28-17)20-6-10-34(33)11-7-20/h4-5,13,18,20,25,31-32H,2-3,6-12,14-16H2,1H3/t20-,25-,26-,27-,34-/m1/s1. The SMILES string of the molecule is Cc1nn([C@H]2CC[S@+]([O-])CC2)c2c1C[C@@]1(O)[C@H]3Cc4ccc(O)cc4[C@@]1(CCN3CC1CC1)C2. The maximum atomic E-state index is 12.7. The predicted molar refractivity (Wildman–Crippen MR) is 132 cm³/mol. The van der Waals surface area contributed by atoms with Gasteiger partial charge in [0.25, 0.3) is 0 Å². The fraction of sp³-hybridized carbons (Fsp3) is 0.667. The molecule has 3 atom stereocenters. The number of phenols is 1. The zero-order valence-corrected chi connectivity index (χ0v) is 20.8. The highest BCUT2D eigenvalue weighted by Gasteiger charge is 2.65. The third-order valence-electron chi connectivity index (χ3n) is 9.80. The summed E-state index contributed by atoms with van der Waals surface area (Å²) in [6.07, 6.45) is 7.61. The molecule has 2 N–H and O–H groups in total. The van der Waals surface area contributed by atoms with Gasteiger partial charge in [0.2, 0.25) is 0 Å². The minimum absolute atomic E-state index is 0.104. The van der Waals surface area contributed by atoms with E-state index in [2.05, 4.69) is 22.6 Å². The topological polar surface area (TPSA) is 84.6 Å². The number of aromatic hydroxyl groups is 1. The van der Waals surface area contributed by atoms with Crippen LogP contribution in [0.2, 0.25) is 0 Å². The molecule has 0 amide bonds. The second-order valence-electron chi connectivity index (χ2n) is 11.6. The second-order valence-corrected chi connectivity index (χ2v) is 13.3. The largest absolute Gasteiger partial charge is 0.616 e. The molecule has 3 heterocycles. The number of fused-ring (bicyclic) bond motifs is 2. The molecule has 2 aliphatic heterocycles. The molecule has 2 aromatic rings. The lowest BCUT2D eigenvalue weighted by atomic mass is 9.49. The first kappa shape index (κ1) is 21.7. The minimum atomic E-state index is -0.860. The highest BCUT2D eigenvalue weighted by Crippen LogP contribution is 2.58. The molecule has 7 heteroatoms. The number of hydrogen-bond donors (Lipinski definition) is 2. The van der Waals surface area contributed by atoms with Crippen LogP contribution in [0.25, 0.3) is 0 Å². The summed E-state index contributed by atoms with van der Waals surface area (Å²) in [5.74, 6) is 2.59. The molecule has 2 saturated heterocycles. The van der Waals surface area contributed by atoms with Crippen molar-refractivity contribution in [3.63, 3.8) is 0 Å². The van der Waals surface area contributed by atoms with Crippen LogP contribution in [0.4, 0.5) is 0 Å². The molecule has 2 bridgehead atoms. The van der Waals surface area contributed by atoms with Gasteiger partial charge in [-0.1, -0.05) is 17.2 Å². The van der Waals surface area contributed by atoms with Crippen LogP contribution in [-0.2, 0) is 35.9 Å². The van der Waals surface area contributed by atoms with Crippen LogP contribution in [-0.4, -0.2) is 65.7 Å². The average Bonchev–Trinajstić information content (AvgIpc) is 3.58. The van der Waals surface area contributed by atoms with Gasteiger partial charge < -0.3 is 14.8 Å². The van der Waals surface area contributed by atoms with E-state index in [-0.39, 0.29) is 6.04 Å². The second kappa shape index (κ2) is 7.48. The lowest BCUT2D eigenvalue weighted by molar-refractivity contribution is -0.152. The number of benzene rings is 1. The van der Waals surface area contributed by atoms with Crippen molar-refractivity contribution in [1.82, 2.24) is 14.7 Å². The van der Waals surface area contributed by atoms with Crippen molar-refractivity contribution in [1.29, 1.82) is 0 Å². The molecule has 0 radical (unpaired) electrons. The van der Waals surface area contributed by atoms with Gasteiger partial charge in [0.15, 0.2) is 0 Å². The van der Waals surface area contributed by atoms with E-state index in [1.54, 1.807) is 0 Å². The number of hydrogen-bond acceptors (Lipinski definition) is 5. The first-order valence-electron chi connectivity index (χ1n) is 13.1. The Hall–Kier alpha value is -1.54. The lowest BCUT2D eigenvalue weighted by Crippen LogP contribution is -2.74. The summed E-state index contributed by atoms with van der Waals surface area (Å²) >= 11 is -0.699. The summed E-state index contributed by atoms with van der Waals surface area (Å²) in [4.78, 5) is 2.59. The van der Waals surface area contributed by atoms with Crippen molar-refractivity contribution >= 4 is 11.2 Å². The van der Waals surface area contributed by atoms with E-state index in [4.69, 9.17) is 5.10 Å². The number of nitrogens with zero attached hydrogens (tertiary/aromatic N) is 3. The number of piperidine rings is 1. The van der Waals surface area contributed by atoms with E-state index >= 15 is 0 Å². The number of likely N-dealkylation sites (tertiary alicyclic amines) is 1. The van der Waals surface area contributed by atoms with Gasteiger partial charge in [-0.2, -0.15) is 5.10 Å². The third kappa shape index (κ3) is 3.03. The molecular formula is C27H35N3O3S. The van der Waals surface area contributed by atoms with Crippen LogP contribution in [0.3, 0.4) is 0 Å². The molecule has 0 spiro atoms. The normalized spacial score (nSPS) is 37.1.